The van der Waals surface area contributed by atoms with Gasteiger partial charge >= 0.3 is 0 Å². The molecule has 0 bridgehead atoms. The zero-order valence-corrected chi connectivity index (χ0v) is 17.4. The van der Waals surface area contributed by atoms with Gasteiger partial charge in [0.2, 0.25) is 21.9 Å². The SMILES string of the molecule is Cn1ccc(NC(=O)C2CCN2S(=O)(=O)c2cc(Br)cc3c(F)n[nH]c23)cc1=O. The van der Waals surface area contributed by atoms with Crippen LogP contribution in [-0.2, 0) is 21.9 Å². The average molecular weight is 484 g/mol. The minimum absolute atomic E-state index is 0.0274. The number of carbonyl (C=O) groups excluding carboxylic acids is 1. The molecule has 152 valence electrons. The van der Waals surface area contributed by atoms with Crippen LogP contribution in [0.5, 0.6) is 0 Å². The lowest BCUT2D eigenvalue weighted by atomic mass is 10.1. The number of pyridine rings is 1. The molecule has 0 radical (unpaired) electrons. The maximum Gasteiger partial charge on any atom is 0.252 e. The Balaban J connectivity index is 1.64. The fourth-order valence-electron chi connectivity index (χ4n) is 3.12. The van der Waals surface area contributed by atoms with Gasteiger partial charge in [0.05, 0.1) is 10.9 Å². The van der Waals surface area contributed by atoms with Gasteiger partial charge < -0.3 is 9.88 Å². The van der Waals surface area contributed by atoms with E-state index in [9.17, 15) is 22.4 Å². The number of fused-ring (bicyclic) bond motifs is 1. The molecule has 9 nitrogen and oxygen atoms in total. The number of aromatic amines is 1. The molecular weight excluding hydrogens is 469 g/mol. The van der Waals surface area contributed by atoms with Crippen molar-refractivity contribution in [3.63, 3.8) is 0 Å². The van der Waals surface area contributed by atoms with Crippen molar-refractivity contribution < 1.29 is 17.6 Å². The summed E-state index contributed by atoms with van der Waals surface area (Å²) < 4.78 is 42.9. The van der Waals surface area contributed by atoms with Gasteiger partial charge in [-0.3, -0.25) is 14.7 Å². The first-order chi connectivity index (χ1) is 13.7. The molecule has 3 aromatic rings. The topological polar surface area (TPSA) is 117 Å². The van der Waals surface area contributed by atoms with Crippen LogP contribution in [0.15, 0.2) is 44.6 Å². The lowest BCUT2D eigenvalue weighted by molar-refractivity contribution is -0.122. The summed E-state index contributed by atoms with van der Waals surface area (Å²) in [5.41, 5.74) is 0.00448. The first-order valence-corrected chi connectivity index (χ1v) is 10.7. The van der Waals surface area contributed by atoms with Crippen LogP contribution < -0.4 is 10.9 Å². The summed E-state index contributed by atoms with van der Waals surface area (Å²) in [6.45, 7) is 0.140. The van der Waals surface area contributed by atoms with E-state index >= 15 is 0 Å². The number of sulfonamides is 1. The van der Waals surface area contributed by atoms with Crippen molar-refractivity contribution >= 4 is 48.5 Å². The molecular formula is C17H15BrFN5O4S. The van der Waals surface area contributed by atoms with Gasteiger partial charge in [-0.15, -0.1) is 5.10 Å². The number of nitrogens with one attached hydrogen (secondary N) is 2. The van der Waals surface area contributed by atoms with Gasteiger partial charge in [-0.05, 0) is 24.6 Å². The summed E-state index contributed by atoms with van der Waals surface area (Å²) in [6.07, 6.45) is 1.82. The second-order valence-corrected chi connectivity index (χ2v) is 9.39. The van der Waals surface area contributed by atoms with E-state index in [2.05, 4.69) is 31.4 Å². The molecule has 0 aliphatic carbocycles. The molecule has 1 unspecified atom stereocenters. The lowest BCUT2D eigenvalue weighted by Crippen LogP contribution is -2.56. The number of carbonyl (C=O) groups is 1. The summed E-state index contributed by atoms with van der Waals surface area (Å²) in [5.74, 6) is -1.36. The second-order valence-electron chi connectivity index (χ2n) is 6.61. The molecule has 1 aliphatic rings. The van der Waals surface area contributed by atoms with E-state index < -0.39 is 27.9 Å². The van der Waals surface area contributed by atoms with Crippen molar-refractivity contribution in [2.45, 2.75) is 17.4 Å². The quantitative estimate of drug-likeness (QED) is 0.583. The van der Waals surface area contributed by atoms with Gasteiger partial charge in [0.25, 0.3) is 5.56 Å². The van der Waals surface area contributed by atoms with Crippen LogP contribution in [-0.4, -0.2) is 46.0 Å². The first-order valence-electron chi connectivity index (χ1n) is 8.51. The molecule has 0 spiro atoms. The predicted molar refractivity (Wildman–Crippen MR) is 106 cm³/mol. The maximum atomic E-state index is 13.8. The summed E-state index contributed by atoms with van der Waals surface area (Å²) >= 11 is 3.18. The monoisotopic (exact) mass is 483 g/mol. The molecule has 4 rings (SSSR count). The van der Waals surface area contributed by atoms with Gasteiger partial charge in [0.1, 0.15) is 10.9 Å². The molecule has 1 amide bonds. The maximum absolute atomic E-state index is 13.8. The molecule has 0 saturated carbocycles. The van der Waals surface area contributed by atoms with Gasteiger partial charge in [-0.1, -0.05) is 15.9 Å². The van der Waals surface area contributed by atoms with Crippen molar-refractivity contribution in [1.82, 2.24) is 19.1 Å². The highest BCUT2D eigenvalue weighted by molar-refractivity contribution is 9.10. The Morgan fingerprint density at radius 1 is 1.38 bits per heavy atom. The van der Waals surface area contributed by atoms with Crippen molar-refractivity contribution in [3.05, 3.63) is 51.2 Å². The zero-order chi connectivity index (χ0) is 20.9. The van der Waals surface area contributed by atoms with Crippen LogP contribution >= 0.6 is 15.9 Å². The molecule has 12 heteroatoms. The van der Waals surface area contributed by atoms with Crippen LogP contribution in [0.1, 0.15) is 6.42 Å². The Labute approximate surface area is 172 Å². The number of rotatable bonds is 4. The molecule has 1 saturated heterocycles. The summed E-state index contributed by atoms with van der Waals surface area (Å²) in [7, 11) is -2.53. The van der Waals surface area contributed by atoms with Crippen LogP contribution in [0.4, 0.5) is 10.1 Å². The third-order valence-electron chi connectivity index (χ3n) is 4.79. The number of nitrogens with zero attached hydrogens (tertiary/aromatic N) is 3. The highest BCUT2D eigenvalue weighted by atomic mass is 79.9. The number of halogens is 2. The minimum Gasteiger partial charge on any atom is -0.324 e. The number of hydrogen-bond donors (Lipinski definition) is 2. The zero-order valence-electron chi connectivity index (χ0n) is 15.0. The van der Waals surface area contributed by atoms with Crippen LogP contribution in [0.3, 0.4) is 0 Å². The molecule has 3 heterocycles. The van der Waals surface area contributed by atoms with E-state index in [0.717, 1.165) is 4.31 Å². The average Bonchev–Trinajstić information content (AvgIpc) is 2.97. The van der Waals surface area contributed by atoms with Gasteiger partial charge in [0, 0.05) is 36.0 Å². The standard InChI is InChI=1S/C17H15BrFN5O4S/c1-23-4-2-10(8-14(23)25)20-17(26)12-3-5-24(12)29(27,28)13-7-9(18)6-11-15(13)21-22-16(11)19/h2,4,6-8,12H,3,5H2,1H3,(H,20,26)(H,21,22). The number of benzene rings is 1. The smallest absolute Gasteiger partial charge is 0.252 e. The molecule has 1 fully saturated rings. The molecule has 1 aliphatic heterocycles. The Kier molecular flexibility index (Phi) is 4.79. The van der Waals surface area contributed by atoms with Gasteiger partial charge in [0.15, 0.2) is 0 Å². The van der Waals surface area contributed by atoms with Crippen LogP contribution in [0, 0.1) is 5.95 Å². The number of aryl methyl sites for hydroxylation is 1. The fourth-order valence-corrected chi connectivity index (χ4v) is 5.55. The van der Waals surface area contributed by atoms with E-state index in [1.165, 1.54) is 29.0 Å². The normalized spacial score (nSPS) is 17.3. The lowest BCUT2D eigenvalue weighted by Gasteiger charge is -2.38. The van der Waals surface area contributed by atoms with Crippen molar-refractivity contribution in [2.24, 2.45) is 7.05 Å². The number of aromatic nitrogens is 3. The summed E-state index contributed by atoms with van der Waals surface area (Å²) in [4.78, 5) is 24.1. The van der Waals surface area contributed by atoms with Gasteiger partial charge in [-0.25, -0.2) is 8.42 Å². The molecule has 29 heavy (non-hydrogen) atoms. The van der Waals surface area contributed by atoms with Crippen LogP contribution in [0.25, 0.3) is 10.9 Å². The third-order valence-corrected chi connectivity index (χ3v) is 7.18. The number of hydrogen-bond acceptors (Lipinski definition) is 5. The first kappa shape index (κ1) is 19.7. The highest BCUT2D eigenvalue weighted by Crippen LogP contribution is 2.34. The highest BCUT2D eigenvalue weighted by Gasteiger charge is 2.43. The predicted octanol–water partition coefficient (Wildman–Crippen LogP) is 1.56. The van der Waals surface area contributed by atoms with E-state index in [0.29, 0.717) is 10.9 Å². The summed E-state index contributed by atoms with van der Waals surface area (Å²) in [5, 5.41) is 8.43. The third kappa shape index (κ3) is 3.36. The number of H-pyrrole nitrogens is 1. The number of amides is 1. The fraction of sp³-hybridized carbons (Fsp3) is 0.235. The van der Waals surface area contributed by atoms with E-state index in [-0.39, 0.29) is 33.6 Å². The molecule has 2 aromatic heterocycles. The van der Waals surface area contributed by atoms with E-state index in [4.69, 9.17) is 0 Å². The Morgan fingerprint density at radius 3 is 2.79 bits per heavy atom. The molecule has 1 atom stereocenters. The Morgan fingerprint density at radius 2 is 2.14 bits per heavy atom. The largest absolute Gasteiger partial charge is 0.324 e. The van der Waals surface area contributed by atoms with E-state index in [1.54, 1.807) is 13.1 Å². The van der Waals surface area contributed by atoms with E-state index in [1.807, 2.05) is 0 Å². The van der Waals surface area contributed by atoms with Gasteiger partial charge in [-0.2, -0.15) is 8.70 Å². The van der Waals surface area contributed by atoms with Crippen LogP contribution in [0.2, 0.25) is 0 Å². The van der Waals surface area contributed by atoms with Crippen molar-refractivity contribution in [2.75, 3.05) is 11.9 Å². The molecule has 2 N–H and O–H groups in total. The second kappa shape index (κ2) is 7.04. The Bertz CT molecular complexity index is 1300. The van der Waals surface area contributed by atoms with Crippen molar-refractivity contribution in [3.8, 4) is 0 Å². The van der Waals surface area contributed by atoms with Crippen molar-refractivity contribution in [1.29, 1.82) is 0 Å². The Hall–Kier alpha value is -2.57. The molecule has 1 aromatic carbocycles. The summed E-state index contributed by atoms with van der Waals surface area (Å²) in [6, 6.07) is 4.61. The number of anilines is 1. The minimum atomic E-state index is -4.10.